The molecule has 3 heteroatoms. The van der Waals surface area contributed by atoms with Crippen LogP contribution in [0, 0.1) is 0 Å². The van der Waals surface area contributed by atoms with Gasteiger partial charge in [0.05, 0.1) is 12.5 Å². The van der Waals surface area contributed by atoms with Gasteiger partial charge in [0.2, 0.25) is 0 Å². The van der Waals surface area contributed by atoms with Crippen LogP contribution < -0.4 is 5.73 Å². The molecule has 2 N–H and O–H groups in total. The third-order valence-electron chi connectivity index (χ3n) is 2.19. The summed E-state index contributed by atoms with van der Waals surface area (Å²) in [5, 5.41) is 1.88. The number of fused-ring (bicyclic) bond motifs is 3. The van der Waals surface area contributed by atoms with Gasteiger partial charge in [0.25, 0.3) is 0 Å². The normalized spacial score (nSPS) is 11.4. The minimum absolute atomic E-state index is 0.720. The van der Waals surface area contributed by atoms with E-state index in [0.717, 1.165) is 27.6 Å². The molecular formula is C10H7NO2. The topological polar surface area (TPSA) is 52.3 Å². The Labute approximate surface area is 73.7 Å². The zero-order chi connectivity index (χ0) is 8.84. The molecule has 64 valence electrons. The number of hydrogen-bond acceptors (Lipinski definition) is 3. The first-order valence-corrected chi connectivity index (χ1v) is 3.99. The molecule has 0 radical (unpaired) electrons. The summed E-state index contributed by atoms with van der Waals surface area (Å²) in [4.78, 5) is 0. The molecular weight excluding hydrogens is 166 g/mol. The Hall–Kier alpha value is -1.90. The van der Waals surface area contributed by atoms with Crippen LogP contribution in [-0.4, -0.2) is 0 Å². The predicted octanol–water partition coefficient (Wildman–Crippen LogP) is 2.76. The summed E-state index contributed by atoms with van der Waals surface area (Å²) in [7, 11) is 0. The molecule has 3 nitrogen and oxygen atoms in total. The highest BCUT2D eigenvalue weighted by molar-refractivity contribution is 6.06. The first-order valence-electron chi connectivity index (χ1n) is 3.99. The molecule has 0 amide bonds. The average Bonchev–Trinajstić information content (AvgIpc) is 2.66. The third kappa shape index (κ3) is 0.731. The van der Waals surface area contributed by atoms with Crippen LogP contribution in [0.3, 0.4) is 0 Å². The first kappa shape index (κ1) is 6.60. The lowest BCUT2D eigenvalue weighted by Gasteiger charge is -1.95. The van der Waals surface area contributed by atoms with Crippen molar-refractivity contribution >= 4 is 27.6 Å². The smallest absolute Gasteiger partial charge is 0.179 e. The standard InChI is InChI=1S/C10H7NO2/c11-8-5-6-1-3-12-9(6)10-7(8)2-4-13-10/h1-5H,11H2. The van der Waals surface area contributed by atoms with Crippen molar-refractivity contribution in [3.05, 3.63) is 30.7 Å². The maximum absolute atomic E-state index is 5.82. The molecule has 0 unspecified atom stereocenters. The number of nitrogen functional groups attached to an aromatic ring is 1. The zero-order valence-corrected chi connectivity index (χ0v) is 6.78. The molecule has 0 saturated heterocycles. The number of rotatable bonds is 0. The van der Waals surface area contributed by atoms with Gasteiger partial charge in [-0.3, -0.25) is 0 Å². The summed E-state index contributed by atoms with van der Waals surface area (Å²) in [5.41, 5.74) is 8.03. The van der Waals surface area contributed by atoms with Gasteiger partial charge in [0, 0.05) is 16.5 Å². The fraction of sp³-hybridized carbons (Fsp3) is 0. The quantitative estimate of drug-likeness (QED) is 0.532. The van der Waals surface area contributed by atoms with Crippen molar-refractivity contribution in [2.75, 3.05) is 5.73 Å². The van der Waals surface area contributed by atoms with E-state index in [-0.39, 0.29) is 0 Å². The van der Waals surface area contributed by atoms with E-state index in [2.05, 4.69) is 0 Å². The summed E-state index contributed by atoms with van der Waals surface area (Å²) in [6, 6.07) is 5.59. The van der Waals surface area contributed by atoms with Crippen molar-refractivity contribution in [1.82, 2.24) is 0 Å². The molecule has 0 fully saturated rings. The Kier molecular flexibility index (Phi) is 1.05. The van der Waals surface area contributed by atoms with E-state index in [4.69, 9.17) is 14.6 Å². The summed E-state index contributed by atoms with van der Waals surface area (Å²) in [5.74, 6) is 0. The van der Waals surface area contributed by atoms with Crippen molar-refractivity contribution in [3.63, 3.8) is 0 Å². The van der Waals surface area contributed by atoms with Crippen LogP contribution in [0.15, 0.2) is 39.6 Å². The minimum atomic E-state index is 0.720. The lowest BCUT2D eigenvalue weighted by Crippen LogP contribution is -1.84. The molecule has 2 heterocycles. The second-order valence-electron chi connectivity index (χ2n) is 2.97. The van der Waals surface area contributed by atoms with Crippen molar-refractivity contribution < 1.29 is 8.83 Å². The maximum Gasteiger partial charge on any atom is 0.179 e. The molecule has 0 spiro atoms. The van der Waals surface area contributed by atoms with Crippen LogP contribution in [0.5, 0.6) is 0 Å². The molecule has 0 bridgehead atoms. The fourth-order valence-electron chi connectivity index (χ4n) is 1.58. The highest BCUT2D eigenvalue weighted by atomic mass is 16.4. The number of anilines is 1. The molecule has 3 aromatic rings. The Morgan fingerprint density at radius 1 is 1.00 bits per heavy atom. The predicted molar refractivity (Wildman–Crippen MR) is 50.4 cm³/mol. The van der Waals surface area contributed by atoms with Gasteiger partial charge in [-0.2, -0.15) is 0 Å². The molecule has 0 aliphatic carbocycles. The molecule has 0 saturated carbocycles. The molecule has 0 atom stereocenters. The zero-order valence-electron chi connectivity index (χ0n) is 6.78. The summed E-state index contributed by atoms with van der Waals surface area (Å²) in [6.07, 6.45) is 3.25. The molecule has 0 aliphatic heterocycles. The van der Waals surface area contributed by atoms with Crippen LogP contribution in [0.2, 0.25) is 0 Å². The Bertz CT molecular complexity index is 577. The first-order chi connectivity index (χ1) is 6.36. The molecule has 0 aliphatic rings. The molecule has 2 aromatic heterocycles. The van der Waals surface area contributed by atoms with Crippen molar-refractivity contribution in [3.8, 4) is 0 Å². The molecule has 1 aromatic carbocycles. The van der Waals surface area contributed by atoms with Gasteiger partial charge in [-0.1, -0.05) is 0 Å². The maximum atomic E-state index is 5.82. The van der Waals surface area contributed by atoms with Crippen molar-refractivity contribution in [2.24, 2.45) is 0 Å². The number of benzene rings is 1. The monoisotopic (exact) mass is 173 g/mol. The van der Waals surface area contributed by atoms with E-state index in [1.807, 2.05) is 18.2 Å². The van der Waals surface area contributed by atoms with Crippen LogP contribution >= 0.6 is 0 Å². The fourth-order valence-corrected chi connectivity index (χ4v) is 1.58. The lowest BCUT2D eigenvalue weighted by atomic mass is 10.2. The second kappa shape index (κ2) is 2.07. The number of nitrogens with two attached hydrogens (primary N) is 1. The largest absolute Gasteiger partial charge is 0.460 e. The number of hydrogen-bond donors (Lipinski definition) is 1. The van der Waals surface area contributed by atoms with Gasteiger partial charge in [0.15, 0.2) is 11.2 Å². The van der Waals surface area contributed by atoms with Gasteiger partial charge in [-0.05, 0) is 18.2 Å². The van der Waals surface area contributed by atoms with Gasteiger partial charge in [-0.15, -0.1) is 0 Å². The van der Waals surface area contributed by atoms with Crippen molar-refractivity contribution in [1.29, 1.82) is 0 Å². The Balaban J connectivity index is 2.70. The van der Waals surface area contributed by atoms with E-state index in [1.54, 1.807) is 12.5 Å². The third-order valence-corrected chi connectivity index (χ3v) is 2.19. The Morgan fingerprint density at radius 3 is 2.69 bits per heavy atom. The van der Waals surface area contributed by atoms with Gasteiger partial charge in [0.1, 0.15) is 0 Å². The number of furan rings is 2. The van der Waals surface area contributed by atoms with Gasteiger partial charge < -0.3 is 14.6 Å². The minimum Gasteiger partial charge on any atom is -0.460 e. The molecule has 3 rings (SSSR count). The Morgan fingerprint density at radius 2 is 1.77 bits per heavy atom. The highest BCUT2D eigenvalue weighted by Crippen LogP contribution is 2.31. The summed E-state index contributed by atoms with van der Waals surface area (Å²) >= 11 is 0. The van der Waals surface area contributed by atoms with Gasteiger partial charge >= 0.3 is 0 Å². The lowest BCUT2D eigenvalue weighted by molar-refractivity contribution is 0.583. The van der Waals surface area contributed by atoms with E-state index < -0.39 is 0 Å². The second-order valence-corrected chi connectivity index (χ2v) is 2.97. The van der Waals surface area contributed by atoms with Crippen LogP contribution in [-0.2, 0) is 0 Å². The van der Waals surface area contributed by atoms with E-state index in [1.165, 1.54) is 0 Å². The SMILES string of the molecule is Nc1cc2ccoc2c2occc12. The average molecular weight is 173 g/mol. The summed E-state index contributed by atoms with van der Waals surface area (Å²) in [6.45, 7) is 0. The molecule has 13 heavy (non-hydrogen) atoms. The van der Waals surface area contributed by atoms with Crippen LogP contribution in [0.4, 0.5) is 5.69 Å². The van der Waals surface area contributed by atoms with Gasteiger partial charge in [-0.25, -0.2) is 0 Å². The van der Waals surface area contributed by atoms with E-state index in [0.29, 0.717) is 0 Å². The van der Waals surface area contributed by atoms with Crippen LogP contribution in [0.25, 0.3) is 21.9 Å². The highest BCUT2D eigenvalue weighted by Gasteiger charge is 2.08. The van der Waals surface area contributed by atoms with E-state index in [9.17, 15) is 0 Å². The van der Waals surface area contributed by atoms with Crippen LogP contribution in [0.1, 0.15) is 0 Å². The van der Waals surface area contributed by atoms with Crippen molar-refractivity contribution in [2.45, 2.75) is 0 Å². The summed E-state index contributed by atoms with van der Waals surface area (Å²) < 4.78 is 10.6. The van der Waals surface area contributed by atoms with E-state index >= 15 is 0 Å².